The fourth-order valence-corrected chi connectivity index (χ4v) is 7.89. The number of nitrogens with one attached hydrogen (secondary N) is 4. The molecule has 4 aliphatic rings. The average molecular weight is 680 g/mol. The zero-order valence-electron chi connectivity index (χ0n) is 29.1. The van der Waals surface area contributed by atoms with Gasteiger partial charge in [-0.2, -0.15) is 0 Å². The molecular weight excluding hydrogens is 626 g/mol. The van der Waals surface area contributed by atoms with Crippen LogP contribution in [0.3, 0.4) is 0 Å². The monoisotopic (exact) mass is 679 g/mol. The Hall–Kier alpha value is -3.90. The van der Waals surface area contributed by atoms with Gasteiger partial charge in [0.2, 0.25) is 23.5 Å². The molecule has 1 aliphatic heterocycles. The third-order valence-corrected chi connectivity index (χ3v) is 10.7. The second-order valence-electron chi connectivity index (χ2n) is 14.7. The number of aromatic nitrogens is 2. The Bertz CT molecular complexity index is 1360. The summed E-state index contributed by atoms with van der Waals surface area (Å²) in [6.07, 6.45) is 15.3. The summed E-state index contributed by atoms with van der Waals surface area (Å²) in [4.78, 5) is 91.3. The van der Waals surface area contributed by atoms with Crippen molar-refractivity contribution in [2.45, 2.75) is 147 Å². The molecule has 1 aromatic heterocycles. The van der Waals surface area contributed by atoms with E-state index in [1.165, 1.54) is 18.6 Å². The summed E-state index contributed by atoms with van der Waals surface area (Å²) in [7, 11) is 0. The normalized spacial score (nSPS) is 24.2. The number of fused-ring (bicyclic) bond motifs is 1. The standard InChI is InChI=1S/C36H53N7O6/c1-4-10-25(31(44)35(48)39-24-15-16-24)40-33(46)28-19-23-13-8-9-14-27(23)43(28)36(49)29(21(2)3)41-34(47)30(22-11-6-5-7-12-22)42-32(45)26-20-37-17-18-38-26/h17-18,20-25,27-30H,4-16,19H2,1-3H3,(H,39,48)(H,40,46)(H,41,47)(H,42,45)/t23?,25?,27?,28-,29-,30-/m0/s1. The van der Waals surface area contributed by atoms with Crippen molar-refractivity contribution in [2.24, 2.45) is 17.8 Å². The molecule has 13 nitrogen and oxygen atoms in total. The molecule has 268 valence electrons. The summed E-state index contributed by atoms with van der Waals surface area (Å²) < 4.78 is 0. The Labute approximate surface area is 288 Å². The molecule has 2 heterocycles. The van der Waals surface area contributed by atoms with Gasteiger partial charge in [-0.05, 0) is 69.1 Å². The third kappa shape index (κ3) is 9.02. The van der Waals surface area contributed by atoms with Crippen LogP contribution in [0.1, 0.15) is 121 Å². The van der Waals surface area contributed by atoms with Crippen molar-refractivity contribution in [3.63, 3.8) is 0 Å². The minimum Gasteiger partial charge on any atom is -0.347 e. The Morgan fingerprint density at radius 2 is 1.59 bits per heavy atom. The molecular formula is C36H53N7O6. The van der Waals surface area contributed by atoms with Gasteiger partial charge in [-0.15, -0.1) is 0 Å². The largest absolute Gasteiger partial charge is 0.347 e. The number of rotatable bonds is 14. The van der Waals surface area contributed by atoms with E-state index >= 15 is 0 Å². The van der Waals surface area contributed by atoms with Gasteiger partial charge in [0.15, 0.2) is 0 Å². The first-order valence-electron chi connectivity index (χ1n) is 18.4. The molecule has 1 aromatic rings. The van der Waals surface area contributed by atoms with E-state index in [0.29, 0.717) is 19.3 Å². The summed E-state index contributed by atoms with van der Waals surface area (Å²) in [5.74, 6) is -3.38. The lowest BCUT2D eigenvalue weighted by Gasteiger charge is -2.38. The van der Waals surface area contributed by atoms with E-state index in [2.05, 4.69) is 31.2 Å². The highest BCUT2D eigenvalue weighted by molar-refractivity contribution is 6.38. The Kier molecular flexibility index (Phi) is 12.4. The van der Waals surface area contributed by atoms with Crippen molar-refractivity contribution in [3.05, 3.63) is 24.3 Å². The molecule has 13 heteroatoms. The first-order valence-corrected chi connectivity index (χ1v) is 18.4. The number of likely N-dealkylation sites (tertiary alicyclic amines) is 1. The Morgan fingerprint density at radius 3 is 2.24 bits per heavy atom. The maximum atomic E-state index is 14.6. The molecule has 4 N–H and O–H groups in total. The smallest absolute Gasteiger partial charge is 0.289 e. The van der Waals surface area contributed by atoms with Crippen LogP contribution in [0, 0.1) is 17.8 Å². The minimum absolute atomic E-state index is 0.0155. The summed E-state index contributed by atoms with van der Waals surface area (Å²) in [5, 5.41) is 11.5. The van der Waals surface area contributed by atoms with Crippen LogP contribution < -0.4 is 21.3 Å². The molecule has 0 radical (unpaired) electrons. The van der Waals surface area contributed by atoms with Crippen LogP contribution >= 0.6 is 0 Å². The lowest BCUT2D eigenvalue weighted by Crippen LogP contribution is -2.61. The lowest BCUT2D eigenvalue weighted by atomic mass is 9.83. The molecule has 0 spiro atoms. The van der Waals surface area contributed by atoms with Crippen molar-refractivity contribution in [1.82, 2.24) is 36.1 Å². The highest BCUT2D eigenvalue weighted by Crippen LogP contribution is 2.40. The molecule has 49 heavy (non-hydrogen) atoms. The zero-order valence-corrected chi connectivity index (χ0v) is 29.1. The van der Waals surface area contributed by atoms with E-state index in [0.717, 1.165) is 70.6 Å². The molecule has 3 unspecified atom stereocenters. The number of carbonyl (C=O) groups is 6. The Balaban J connectivity index is 1.35. The predicted molar refractivity (Wildman–Crippen MR) is 181 cm³/mol. The second-order valence-corrected chi connectivity index (χ2v) is 14.7. The van der Waals surface area contributed by atoms with Gasteiger partial charge >= 0.3 is 0 Å². The fraction of sp³-hybridized carbons (Fsp3) is 0.722. The van der Waals surface area contributed by atoms with Gasteiger partial charge in [-0.1, -0.05) is 59.3 Å². The van der Waals surface area contributed by atoms with Gasteiger partial charge < -0.3 is 26.2 Å². The topological polar surface area (TPSA) is 180 Å². The first-order chi connectivity index (χ1) is 23.6. The highest BCUT2D eigenvalue weighted by Gasteiger charge is 2.50. The molecule has 1 saturated heterocycles. The molecule has 0 aromatic carbocycles. The van der Waals surface area contributed by atoms with Crippen molar-refractivity contribution in [1.29, 1.82) is 0 Å². The molecule has 3 aliphatic carbocycles. The number of Topliss-reactive ketones (excluding diaryl/α,β-unsaturated/α-hetero) is 1. The average Bonchev–Trinajstić information content (AvgIpc) is 3.84. The number of hydrogen-bond acceptors (Lipinski definition) is 8. The van der Waals surface area contributed by atoms with Gasteiger partial charge in [0.25, 0.3) is 11.8 Å². The van der Waals surface area contributed by atoms with E-state index in [-0.39, 0.29) is 41.4 Å². The maximum Gasteiger partial charge on any atom is 0.289 e. The van der Waals surface area contributed by atoms with E-state index in [4.69, 9.17) is 0 Å². The predicted octanol–water partition coefficient (Wildman–Crippen LogP) is 2.59. The summed E-state index contributed by atoms with van der Waals surface area (Å²) in [6.45, 7) is 5.60. The van der Waals surface area contributed by atoms with E-state index in [1.54, 1.807) is 4.90 Å². The highest BCUT2D eigenvalue weighted by atomic mass is 16.2. The van der Waals surface area contributed by atoms with Crippen LogP contribution in [0.25, 0.3) is 0 Å². The van der Waals surface area contributed by atoms with Crippen LogP contribution in [-0.4, -0.2) is 86.4 Å². The van der Waals surface area contributed by atoms with Gasteiger partial charge in [-0.3, -0.25) is 33.8 Å². The third-order valence-electron chi connectivity index (χ3n) is 10.7. The van der Waals surface area contributed by atoms with Crippen molar-refractivity contribution < 1.29 is 28.8 Å². The number of ketones is 1. The van der Waals surface area contributed by atoms with Crippen LogP contribution in [0.2, 0.25) is 0 Å². The van der Waals surface area contributed by atoms with Gasteiger partial charge in [0.05, 0.1) is 12.2 Å². The van der Waals surface area contributed by atoms with Crippen molar-refractivity contribution in [2.75, 3.05) is 0 Å². The number of hydrogen-bond donors (Lipinski definition) is 4. The van der Waals surface area contributed by atoms with Crippen molar-refractivity contribution in [3.8, 4) is 0 Å². The molecule has 6 atom stereocenters. The van der Waals surface area contributed by atoms with E-state index in [1.807, 2.05) is 20.8 Å². The van der Waals surface area contributed by atoms with Crippen LogP contribution in [0.4, 0.5) is 0 Å². The summed E-state index contributed by atoms with van der Waals surface area (Å²) >= 11 is 0. The zero-order chi connectivity index (χ0) is 35.1. The first kappa shape index (κ1) is 36.4. The van der Waals surface area contributed by atoms with Crippen molar-refractivity contribution >= 4 is 35.3 Å². The summed E-state index contributed by atoms with van der Waals surface area (Å²) in [5.41, 5.74) is 0.103. The fourth-order valence-electron chi connectivity index (χ4n) is 7.89. The molecule has 4 fully saturated rings. The van der Waals surface area contributed by atoms with Gasteiger partial charge in [0.1, 0.15) is 23.8 Å². The van der Waals surface area contributed by atoms with E-state index in [9.17, 15) is 28.8 Å². The van der Waals surface area contributed by atoms with Crippen LogP contribution in [0.15, 0.2) is 18.6 Å². The SMILES string of the molecule is CCCC(NC(=O)[C@@H]1CC2CCCCC2N1C(=O)[C@@H](NC(=O)[C@@H](NC(=O)c1cnccn1)C1CCCCC1)C(C)C)C(=O)C(=O)NC1CC1. The Morgan fingerprint density at radius 1 is 0.878 bits per heavy atom. The van der Waals surface area contributed by atoms with Crippen LogP contribution in [-0.2, 0) is 24.0 Å². The molecule has 5 rings (SSSR count). The molecule has 3 saturated carbocycles. The number of amides is 5. The number of nitrogens with zero attached hydrogens (tertiary/aromatic N) is 3. The number of carbonyl (C=O) groups excluding carboxylic acids is 6. The molecule has 0 bridgehead atoms. The van der Waals surface area contributed by atoms with Gasteiger partial charge in [0, 0.05) is 24.5 Å². The second kappa shape index (κ2) is 16.7. The maximum absolute atomic E-state index is 14.6. The summed E-state index contributed by atoms with van der Waals surface area (Å²) in [6, 6.07) is -3.78. The van der Waals surface area contributed by atoms with E-state index < -0.39 is 53.6 Å². The quantitative estimate of drug-likeness (QED) is 0.217. The molecule has 5 amide bonds. The minimum atomic E-state index is -0.981. The lowest BCUT2D eigenvalue weighted by molar-refractivity contribution is -0.146. The van der Waals surface area contributed by atoms with Gasteiger partial charge in [-0.25, -0.2) is 4.98 Å². The van der Waals surface area contributed by atoms with Crippen LogP contribution in [0.5, 0.6) is 0 Å².